The lowest BCUT2D eigenvalue weighted by molar-refractivity contribution is -0.137. The highest BCUT2D eigenvalue weighted by Crippen LogP contribution is 2.32. The number of rotatable bonds is 1. The van der Waals surface area contributed by atoms with E-state index in [1.165, 1.54) is 30.3 Å². The molecule has 3 rings (SSSR count). The predicted octanol–water partition coefficient (Wildman–Crippen LogP) is 5.11. The van der Waals surface area contributed by atoms with E-state index in [9.17, 15) is 17.6 Å². The van der Waals surface area contributed by atoms with Gasteiger partial charge in [-0.2, -0.15) is 13.2 Å². The van der Waals surface area contributed by atoms with Gasteiger partial charge in [0.25, 0.3) is 0 Å². The maximum absolute atomic E-state index is 13.3. The molecule has 0 saturated carbocycles. The molecule has 0 atom stereocenters. The molecule has 3 aromatic rings. The van der Waals surface area contributed by atoms with E-state index in [1.807, 2.05) is 0 Å². The van der Waals surface area contributed by atoms with Gasteiger partial charge in [-0.1, -0.05) is 12.1 Å². The van der Waals surface area contributed by atoms with Crippen LogP contribution in [-0.2, 0) is 6.18 Å². The minimum Gasteiger partial charge on any atom is -0.218 e. The smallest absolute Gasteiger partial charge is 0.218 e. The summed E-state index contributed by atoms with van der Waals surface area (Å²) >= 11 is 5.81. The zero-order valence-electron chi connectivity index (χ0n) is 10.8. The Hall–Kier alpha value is -2.21. The van der Waals surface area contributed by atoms with E-state index in [-0.39, 0.29) is 10.8 Å². The minimum absolute atomic E-state index is 0.104. The van der Waals surface area contributed by atoms with Crippen molar-refractivity contribution in [2.45, 2.75) is 6.18 Å². The number of hydrogen-bond donors (Lipinski definition) is 0. The molecule has 0 bridgehead atoms. The van der Waals surface area contributed by atoms with Gasteiger partial charge in [-0.3, -0.25) is 0 Å². The van der Waals surface area contributed by atoms with Gasteiger partial charge in [-0.05, 0) is 35.9 Å². The first-order chi connectivity index (χ1) is 10.3. The third-order valence-corrected chi connectivity index (χ3v) is 3.29. The number of halogens is 5. The number of benzene rings is 2. The molecule has 0 saturated heterocycles. The Morgan fingerprint density at radius 1 is 0.909 bits per heavy atom. The average molecular weight is 327 g/mol. The largest absolute Gasteiger partial charge is 0.416 e. The first-order valence-corrected chi connectivity index (χ1v) is 6.53. The number of nitrogens with zero attached hydrogens (tertiary/aromatic N) is 2. The van der Waals surface area contributed by atoms with E-state index in [0.717, 1.165) is 12.1 Å². The SMILES string of the molecule is Fc1ccc2c(-c3ccc(C(F)(F)F)cc3)nc(Cl)nc2c1. The fraction of sp³-hybridized carbons (Fsp3) is 0.0667. The summed E-state index contributed by atoms with van der Waals surface area (Å²) in [5, 5.41) is 0.401. The molecular formula is C15H7ClF4N2. The lowest BCUT2D eigenvalue weighted by atomic mass is 10.0. The summed E-state index contributed by atoms with van der Waals surface area (Å²) in [5.74, 6) is -0.486. The topological polar surface area (TPSA) is 25.8 Å². The van der Waals surface area contributed by atoms with Crippen LogP contribution < -0.4 is 0 Å². The Bertz CT molecular complexity index is 839. The molecule has 2 aromatic carbocycles. The van der Waals surface area contributed by atoms with Crippen molar-refractivity contribution in [2.24, 2.45) is 0 Å². The van der Waals surface area contributed by atoms with E-state index in [1.54, 1.807) is 0 Å². The van der Waals surface area contributed by atoms with Crippen molar-refractivity contribution in [1.29, 1.82) is 0 Å². The molecule has 0 N–H and O–H groups in total. The minimum atomic E-state index is -4.41. The highest BCUT2D eigenvalue weighted by Gasteiger charge is 2.30. The molecule has 1 heterocycles. The van der Waals surface area contributed by atoms with Crippen molar-refractivity contribution in [1.82, 2.24) is 9.97 Å². The maximum Gasteiger partial charge on any atom is 0.416 e. The van der Waals surface area contributed by atoms with Crippen molar-refractivity contribution >= 4 is 22.5 Å². The summed E-state index contributed by atoms with van der Waals surface area (Å²) in [7, 11) is 0. The van der Waals surface area contributed by atoms with Crippen LogP contribution in [0.25, 0.3) is 22.2 Å². The summed E-state index contributed by atoms with van der Waals surface area (Å²) in [6.07, 6.45) is -4.41. The van der Waals surface area contributed by atoms with Crippen LogP contribution in [0, 0.1) is 5.82 Å². The van der Waals surface area contributed by atoms with Gasteiger partial charge in [0.2, 0.25) is 5.28 Å². The molecule has 0 spiro atoms. The summed E-state index contributed by atoms with van der Waals surface area (Å²) in [6, 6.07) is 8.40. The van der Waals surface area contributed by atoms with Crippen LogP contribution in [0.5, 0.6) is 0 Å². The second-order valence-corrected chi connectivity index (χ2v) is 4.92. The predicted molar refractivity (Wildman–Crippen MR) is 74.9 cm³/mol. The molecule has 0 aliphatic carbocycles. The Kier molecular flexibility index (Phi) is 3.48. The molecule has 0 radical (unpaired) electrons. The molecule has 2 nitrogen and oxygen atoms in total. The van der Waals surface area contributed by atoms with Gasteiger partial charge in [0, 0.05) is 17.0 Å². The third-order valence-electron chi connectivity index (χ3n) is 3.12. The number of aromatic nitrogens is 2. The summed E-state index contributed by atoms with van der Waals surface area (Å²) in [5.41, 5.74) is 0.319. The fourth-order valence-electron chi connectivity index (χ4n) is 2.11. The van der Waals surface area contributed by atoms with Crippen LogP contribution in [-0.4, -0.2) is 9.97 Å². The molecular weight excluding hydrogens is 320 g/mol. The van der Waals surface area contributed by atoms with E-state index in [0.29, 0.717) is 16.6 Å². The molecule has 22 heavy (non-hydrogen) atoms. The Balaban J connectivity index is 2.17. The van der Waals surface area contributed by atoms with E-state index in [4.69, 9.17) is 11.6 Å². The molecule has 112 valence electrons. The zero-order chi connectivity index (χ0) is 15.9. The molecule has 0 aliphatic rings. The lowest BCUT2D eigenvalue weighted by Crippen LogP contribution is -2.04. The Labute approximate surface area is 127 Å². The van der Waals surface area contributed by atoms with E-state index in [2.05, 4.69) is 9.97 Å². The number of fused-ring (bicyclic) bond motifs is 1. The van der Waals surface area contributed by atoms with Gasteiger partial charge in [-0.15, -0.1) is 0 Å². The quantitative estimate of drug-likeness (QED) is 0.459. The van der Waals surface area contributed by atoms with Gasteiger partial charge in [0.1, 0.15) is 5.82 Å². The highest BCUT2D eigenvalue weighted by atomic mass is 35.5. The van der Waals surface area contributed by atoms with Crippen LogP contribution >= 0.6 is 11.6 Å². The Morgan fingerprint density at radius 2 is 1.59 bits per heavy atom. The third kappa shape index (κ3) is 2.74. The first-order valence-electron chi connectivity index (χ1n) is 6.15. The first kappa shape index (κ1) is 14.7. The fourth-order valence-corrected chi connectivity index (χ4v) is 2.29. The Morgan fingerprint density at radius 3 is 2.23 bits per heavy atom. The lowest BCUT2D eigenvalue weighted by Gasteiger charge is -2.09. The molecule has 0 aliphatic heterocycles. The maximum atomic E-state index is 13.3. The monoisotopic (exact) mass is 326 g/mol. The van der Waals surface area contributed by atoms with Crippen molar-refractivity contribution in [3.63, 3.8) is 0 Å². The van der Waals surface area contributed by atoms with Crippen LogP contribution in [0.15, 0.2) is 42.5 Å². The van der Waals surface area contributed by atoms with Crippen molar-refractivity contribution in [2.75, 3.05) is 0 Å². The molecule has 0 amide bonds. The summed E-state index contributed by atoms with van der Waals surface area (Å²) < 4.78 is 51.0. The normalized spacial score (nSPS) is 11.9. The van der Waals surface area contributed by atoms with E-state index >= 15 is 0 Å². The standard InChI is InChI=1S/C15H7ClF4N2/c16-14-21-12-7-10(17)5-6-11(12)13(22-14)8-1-3-9(4-2-8)15(18,19)20/h1-7H. The zero-order valence-corrected chi connectivity index (χ0v) is 11.6. The second kappa shape index (κ2) is 5.21. The summed E-state index contributed by atoms with van der Waals surface area (Å²) in [4.78, 5) is 7.96. The molecule has 0 unspecified atom stereocenters. The number of hydrogen-bond acceptors (Lipinski definition) is 2. The number of alkyl halides is 3. The van der Waals surface area contributed by atoms with Gasteiger partial charge in [-0.25, -0.2) is 14.4 Å². The highest BCUT2D eigenvalue weighted by molar-refractivity contribution is 6.28. The van der Waals surface area contributed by atoms with Crippen LogP contribution in [0.3, 0.4) is 0 Å². The molecule has 7 heteroatoms. The molecule has 0 fully saturated rings. The van der Waals surface area contributed by atoms with Crippen molar-refractivity contribution in [3.05, 3.63) is 59.1 Å². The van der Waals surface area contributed by atoms with Gasteiger partial charge in [0.15, 0.2) is 0 Å². The summed E-state index contributed by atoms with van der Waals surface area (Å²) in [6.45, 7) is 0. The second-order valence-electron chi connectivity index (χ2n) is 4.58. The van der Waals surface area contributed by atoms with Gasteiger partial charge >= 0.3 is 6.18 Å². The van der Waals surface area contributed by atoms with Gasteiger partial charge < -0.3 is 0 Å². The molecule has 1 aromatic heterocycles. The van der Waals surface area contributed by atoms with Crippen LogP contribution in [0.2, 0.25) is 5.28 Å². The van der Waals surface area contributed by atoms with Crippen LogP contribution in [0.4, 0.5) is 17.6 Å². The van der Waals surface area contributed by atoms with E-state index < -0.39 is 17.6 Å². The van der Waals surface area contributed by atoms with Crippen molar-refractivity contribution < 1.29 is 17.6 Å². The van der Waals surface area contributed by atoms with Gasteiger partial charge in [0.05, 0.1) is 16.8 Å². The van der Waals surface area contributed by atoms with Crippen LogP contribution in [0.1, 0.15) is 5.56 Å². The van der Waals surface area contributed by atoms with Crippen molar-refractivity contribution in [3.8, 4) is 11.3 Å². The average Bonchev–Trinajstić information content (AvgIpc) is 2.45.